The summed E-state index contributed by atoms with van der Waals surface area (Å²) in [7, 11) is 0. The molecule has 4 nitrogen and oxygen atoms in total. The third-order valence-electron chi connectivity index (χ3n) is 5.18. The number of benzene rings is 3. The van der Waals surface area contributed by atoms with Crippen LogP contribution in [0.4, 0.5) is 5.69 Å². The Bertz CT molecular complexity index is 1330. The fraction of sp³-hybridized carbons (Fsp3) is 0.0385. The summed E-state index contributed by atoms with van der Waals surface area (Å²) in [4.78, 5) is 15.4. The van der Waals surface area contributed by atoms with Gasteiger partial charge in [-0.15, -0.1) is 0 Å². The zero-order chi connectivity index (χ0) is 22.1. The van der Waals surface area contributed by atoms with Crippen molar-refractivity contribution in [1.29, 1.82) is 0 Å². The summed E-state index contributed by atoms with van der Waals surface area (Å²) in [6.45, 7) is 2.02. The molecule has 0 radical (unpaired) electrons. The van der Waals surface area contributed by atoms with E-state index in [1.807, 2.05) is 109 Å². The molecule has 2 heterocycles. The minimum atomic E-state index is -0.115. The second-order valence-corrected chi connectivity index (χ2v) is 9.11. The molecule has 1 aromatic heterocycles. The van der Waals surface area contributed by atoms with Gasteiger partial charge in [0.15, 0.2) is 4.32 Å². The predicted octanol–water partition coefficient (Wildman–Crippen LogP) is 6.25. The Kier molecular flexibility index (Phi) is 5.47. The molecular formula is C26H19N3OS2. The molecule has 1 saturated heterocycles. The first-order valence-corrected chi connectivity index (χ1v) is 11.4. The molecule has 0 bridgehead atoms. The van der Waals surface area contributed by atoms with Crippen LogP contribution in [0.25, 0.3) is 23.0 Å². The molecule has 1 fully saturated rings. The lowest BCUT2D eigenvalue weighted by atomic mass is 10.1. The van der Waals surface area contributed by atoms with Gasteiger partial charge in [0.05, 0.1) is 22.0 Å². The van der Waals surface area contributed by atoms with Crippen molar-refractivity contribution in [3.8, 4) is 16.9 Å². The number of carbonyl (C=O) groups is 1. The molecule has 156 valence electrons. The van der Waals surface area contributed by atoms with E-state index in [4.69, 9.17) is 17.3 Å². The van der Waals surface area contributed by atoms with Crippen LogP contribution >= 0.6 is 24.0 Å². The van der Waals surface area contributed by atoms with Gasteiger partial charge in [-0.2, -0.15) is 5.10 Å². The molecule has 0 aliphatic carbocycles. The Morgan fingerprint density at radius 3 is 2.22 bits per heavy atom. The first kappa shape index (κ1) is 20.4. The number of anilines is 1. The summed E-state index contributed by atoms with van der Waals surface area (Å²) in [6, 6.07) is 27.7. The van der Waals surface area contributed by atoms with E-state index in [0.717, 1.165) is 33.8 Å². The Hall–Kier alpha value is -3.48. The predicted molar refractivity (Wildman–Crippen MR) is 136 cm³/mol. The fourth-order valence-corrected chi connectivity index (χ4v) is 4.84. The smallest absolute Gasteiger partial charge is 0.268 e. The molecule has 5 rings (SSSR count). The number of rotatable bonds is 4. The highest BCUT2D eigenvalue weighted by Crippen LogP contribution is 2.37. The minimum absolute atomic E-state index is 0.115. The van der Waals surface area contributed by atoms with E-state index in [9.17, 15) is 4.79 Å². The standard InChI is InChI=1S/C26H19N3OS2/c1-18-12-14-22(15-13-18)29-25(30)23(32-26(29)31)16-20-17-28(21-10-6-3-7-11-21)27-24(20)19-8-4-2-5-9-19/h2-17H,1H3/b23-16-. The first-order valence-electron chi connectivity index (χ1n) is 10.2. The molecule has 0 spiro atoms. The molecule has 3 aromatic carbocycles. The number of aryl methyl sites for hydroxylation is 1. The molecule has 32 heavy (non-hydrogen) atoms. The summed E-state index contributed by atoms with van der Waals surface area (Å²) >= 11 is 6.86. The summed E-state index contributed by atoms with van der Waals surface area (Å²) in [6.07, 6.45) is 3.85. The van der Waals surface area contributed by atoms with E-state index in [1.165, 1.54) is 11.8 Å². The molecule has 1 amide bonds. The van der Waals surface area contributed by atoms with Crippen LogP contribution in [0.2, 0.25) is 0 Å². The van der Waals surface area contributed by atoms with E-state index < -0.39 is 0 Å². The highest BCUT2D eigenvalue weighted by Gasteiger charge is 2.33. The van der Waals surface area contributed by atoms with Crippen LogP contribution in [-0.4, -0.2) is 20.0 Å². The number of carbonyl (C=O) groups excluding carboxylic acids is 1. The molecule has 0 atom stereocenters. The molecule has 0 unspecified atom stereocenters. The highest BCUT2D eigenvalue weighted by molar-refractivity contribution is 8.27. The van der Waals surface area contributed by atoms with Crippen molar-refractivity contribution in [1.82, 2.24) is 9.78 Å². The summed E-state index contributed by atoms with van der Waals surface area (Å²) in [5.41, 5.74) is 5.54. The molecular weight excluding hydrogens is 434 g/mol. The third-order valence-corrected chi connectivity index (χ3v) is 6.49. The minimum Gasteiger partial charge on any atom is -0.268 e. The van der Waals surface area contributed by atoms with Crippen LogP contribution in [0, 0.1) is 6.92 Å². The topological polar surface area (TPSA) is 38.1 Å². The van der Waals surface area contributed by atoms with Gasteiger partial charge in [-0.05, 0) is 37.3 Å². The van der Waals surface area contributed by atoms with Gasteiger partial charge >= 0.3 is 0 Å². The van der Waals surface area contributed by atoms with E-state index in [-0.39, 0.29) is 5.91 Å². The molecule has 0 N–H and O–H groups in total. The largest absolute Gasteiger partial charge is 0.270 e. The third kappa shape index (κ3) is 3.90. The van der Waals surface area contributed by atoms with Gasteiger partial charge in [0.25, 0.3) is 5.91 Å². The van der Waals surface area contributed by atoms with E-state index in [0.29, 0.717) is 9.23 Å². The van der Waals surface area contributed by atoms with Crippen molar-refractivity contribution >= 4 is 46.0 Å². The molecule has 6 heteroatoms. The molecule has 0 saturated carbocycles. The van der Waals surface area contributed by atoms with Crippen LogP contribution in [-0.2, 0) is 4.79 Å². The highest BCUT2D eigenvalue weighted by atomic mass is 32.2. The van der Waals surface area contributed by atoms with E-state index >= 15 is 0 Å². The average Bonchev–Trinajstić information content (AvgIpc) is 3.36. The van der Waals surface area contributed by atoms with Crippen molar-refractivity contribution < 1.29 is 4.79 Å². The maximum absolute atomic E-state index is 13.3. The first-order chi connectivity index (χ1) is 15.6. The van der Waals surface area contributed by atoms with Crippen LogP contribution < -0.4 is 4.90 Å². The fourth-order valence-electron chi connectivity index (χ4n) is 3.55. The zero-order valence-electron chi connectivity index (χ0n) is 17.3. The second kappa shape index (κ2) is 8.57. The number of nitrogens with zero attached hydrogens (tertiary/aromatic N) is 3. The Labute approximate surface area is 196 Å². The summed E-state index contributed by atoms with van der Waals surface area (Å²) < 4.78 is 2.37. The zero-order valence-corrected chi connectivity index (χ0v) is 18.9. The van der Waals surface area contributed by atoms with Crippen LogP contribution in [0.15, 0.2) is 96.0 Å². The number of para-hydroxylation sites is 1. The van der Waals surface area contributed by atoms with Crippen LogP contribution in [0.1, 0.15) is 11.1 Å². The van der Waals surface area contributed by atoms with Crippen molar-refractivity contribution in [2.45, 2.75) is 6.92 Å². The molecule has 4 aromatic rings. The van der Waals surface area contributed by atoms with Crippen molar-refractivity contribution in [3.63, 3.8) is 0 Å². The van der Waals surface area contributed by atoms with Gasteiger partial charge in [-0.1, -0.05) is 90.2 Å². The maximum Gasteiger partial charge on any atom is 0.270 e. The van der Waals surface area contributed by atoms with Crippen molar-refractivity contribution in [2.75, 3.05) is 4.90 Å². The second-order valence-electron chi connectivity index (χ2n) is 7.43. The van der Waals surface area contributed by atoms with Crippen LogP contribution in [0.5, 0.6) is 0 Å². The Morgan fingerprint density at radius 2 is 1.53 bits per heavy atom. The number of amides is 1. The quantitative estimate of drug-likeness (QED) is 0.270. The normalized spacial score (nSPS) is 15.0. The van der Waals surface area contributed by atoms with Gasteiger partial charge in [0, 0.05) is 17.3 Å². The van der Waals surface area contributed by atoms with E-state index in [2.05, 4.69) is 0 Å². The SMILES string of the molecule is Cc1ccc(N2C(=O)/C(=C/c3cn(-c4ccccc4)nc3-c3ccccc3)SC2=S)cc1. The lowest BCUT2D eigenvalue weighted by Gasteiger charge is -2.14. The number of thiocarbonyl (C=S) groups is 1. The van der Waals surface area contributed by atoms with Gasteiger partial charge in [0.2, 0.25) is 0 Å². The Balaban J connectivity index is 1.57. The van der Waals surface area contributed by atoms with Crippen molar-refractivity contribution in [3.05, 3.63) is 107 Å². The summed E-state index contributed by atoms with van der Waals surface area (Å²) in [5, 5.41) is 4.83. The lowest BCUT2D eigenvalue weighted by Crippen LogP contribution is -2.27. The number of hydrogen-bond acceptors (Lipinski definition) is 4. The van der Waals surface area contributed by atoms with Crippen LogP contribution in [0.3, 0.4) is 0 Å². The maximum atomic E-state index is 13.3. The van der Waals surface area contributed by atoms with Gasteiger partial charge in [-0.25, -0.2) is 4.68 Å². The van der Waals surface area contributed by atoms with Gasteiger partial charge in [-0.3, -0.25) is 9.69 Å². The van der Waals surface area contributed by atoms with Crippen molar-refractivity contribution in [2.24, 2.45) is 0 Å². The number of thioether (sulfide) groups is 1. The van der Waals surface area contributed by atoms with E-state index in [1.54, 1.807) is 4.90 Å². The number of aromatic nitrogens is 2. The number of hydrogen-bond donors (Lipinski definition) is 0. The summed E-state index contributed by atoms with van der Waals surface area (Å²) in [5.74, 6) is -0.115. The monoisotopic (exact) mass is 453 g/mol. The molecule has 1 aliphatic rings. The van der Waals surface area contributed by atoms with Gasteiger partial charge in [0.1, 0.15) is 0 Å². The lowest BCUT2D eigenvalue weighted by molar-refractivity contribution is -0.113. The average molecular weight is 454 g/mol. The molecule has 1 aliphatic heterocycles. The van der Waals surface area contributed by atoms with Gasteiger partial charge < -0.3 is 0 Å². The Morgan fingerprint density at radius 1 is 0.875 bits per heavy atom.